The van der Waals surface area contributed by atoms with E-state index in [0.29, 0.717) is 0 Å². The minimum absolute atomic E-state index is 0.103. The van der Waals surface area contributed by atoms with Gasteiger partial charge < -0.3 is 5.11 Å². The van der Waals surface area contributed by atoms with Crippen LogP contribution in [0.5, 0.6) is 0 Å². The average molecular weight is 171 g/mol. The van der Waals surface area contributed by atoms with Gasteiger partial charge in [-0.2, -0.15) is 0 Å². The highest BCUT2D eigenvalue weighted by molar-refractivity contribution is 6.33. The van der Waals surface area contributed by atoms with Crippen molar-refractivity contribution in [1.82, 2.24) is 5.73 Å². The third-order valence-corrected chi connectivity index (χ3v) is 1.53. The molecule has 1 rings (SSSR count). The summed E-state index contributed by atoms with van der Waals surface area (Å²) in [7, 11) is 0. The summed E-state index contributed by atoms with van der Waals surface area (Å²) >= 11 is 5.51. The molecule has 1 radical (unpaired) electrons. The number of rotatable bonds is 1. The van der Waals surface area contributed by atoms with Crippen molar-refractivity contribution in [2.45, 2.75) is 0 Å². The number of benzene rings is 1. The summed E-state index contributed by atoms with van der Waals surface area (Å²) < 4.78 is 0. The van der Waals surface area contributed by atoms with E-state index in [1.807, 2.05) is 0 Å². The average Bonchev–Trinajstić information content (AvgIpc) is 1.94. The van der Waals surface area contributed by atoms with Crippen molar-refractivity contribution in [3.05, 3.63) is 28.8 Å². The summed E-state index contributed by atoms with van der Waals surface area (Å²) in [4.78, 5) is 10.3. The second kappa shape index (κ2) is 2.80. The molecule has 2 N–H and O–H groups in total. The monoisotopic (exact) mass is 170 g/mol. The number of carbonyl (C=O) groups is 1. The molecular weight excluding hydrogens is 166 g/mol. The molecule has 1 aromatic rings. The number of aromatic carboxylic acids is 1. The van der Waals surface area contributed by atoms with Crippen LogP contribution in [0.2, 0.25) is 5.02 Å². The second-order valence-corrected chi connectivity index (χ2v) is 2.41. The molecule has 0 aliphatic rings. The molecule has 0 unspecified atom stereocenters. The minimum atomic E-state index is -1.04. The number of carboxylic acids is 1. The number of halogens is 1. The van der Waals surface area contributed by atoms with Crippen LogP contribution in [-0.4, -0.2) is 11.1 Å². The zero-order chi connectivity index (χ0) is 8.43. The van der Waals surface area contributed by atoms with Crippen molar-refractivity contribution in [2.24, 2.45) is 0 Å². The number of carboxylic acid groups (broad SMARTS) is 1. The minimum Gasteiger partial charge on any atom is -0.478 e. The molecule has 1 aromatic carbocycles. The number of hydrogen-bond acceptors (Lipinski definition) is 1. The highest BCUT2D eigenvalue weighted by atomic mass is 35.5. The van der Waals surface area contributed by atoms with Crippen molar-refractivity contribution in [3.63, 3.8) is 0 Å². The number of nitrogens with one attached hydrogen (secondary N) is 1. The van der Waals surface area contributed by atoms with Crippen LogP contribution in [0.4, 0.5) is 5.69 Å². The van der Waals surface area contributed by atoms with Crippen LogP contribution in [-0.2, 0) is 0 Å². The van der Waals surface area contributed by atoms with Crippen molar-refractivity contribution in [3.8, 4) is 0 Å². The molecule has 3 nitrogen and oxygen atoms in total. The van der Waals surface area contributed by atoms with E-state index < -0.39 is 5.97 Å². The fourth-order valence-electron chi connectivity index (χ4n) is 0.648. The third-order valence-electron chi connectivity index (χ3n) is 1.22. The van der Waals surface area contributed by atoms with Crippen molar-refractivity contribution < 1.29 is 9.90 Å². The zero-order valence-corrected chi connectivity index (χ0v) is 6.22. The summed E-state index contributed by atoms with van der Waals surface area (Å²) in [6.07, 6.45) is 0. The maximum absolute atomic E-state index is 10.3. The highest BCUT2D eigenvalue weighted by Gasteiger charge is 2.04. The van der Waals surface area contributed by atoms with Crippen LogP contribution in [0, 0.1) is 0 Å². The van der Waals surface area contributed by atoms with E-state index >= 15 is 0 Å². The Labute approximate surface area is 68.4 Å². The zero-order valence-electron chi connectivity index (χ0n) is 5.47. The number of hydrogen-bond donors (Lipinski definition) is 1. The molecule has 0 amide bonds. The Morgan fingerprint density at radius 1 is 1.55 bits per heavy atom. The van der Waals surface area contributed by atoms with Gasteiger partial charge in [-0.1, -0.05) is 11.6 Å². The van der Waals surface area contributed by atoms with Crippen molar-refractivity contribution in [1.29, 1.82) is 0 Å². The van der Waals surface area contributed by atoms with E-state index in [4.69, 9.17) is 22.4 Å². The normalized spacial score (nSPS) is 9.55. The van der Waals surface area contributed by atoms with Gasteiger partial charge in [-0.15, -0.1) is 0 Å². The summed E-state index contributed by atoms with van der Waals surface area (Å²) in [6, 6.07) is 3.95. The maximum atomic E-state index is 10.3. The van der Waals surface area contributed by atoms with Crippen molar-refractivity contribution >= 4 is 23.3 Å². The van der Waals surface area contributed by atoms with Gasteiger partial charge in [0.1, 0.15) is 0 Å². The Balaban J connectivity index is 3.15. The maximum Gasteiger partial charge on any atom is 0.335 e. The quantitative estimate of drug-likeness (QED) is 0.700. The Kier molecular flexibility index (Phi) is 2.01. The molecule has 11 heavy (non-hydrogen) atoms. The molecule has 0 aliphatic carbocycles. The first kappa shape index (κ1) is 7.88. The van der Waals surface area contributed by atoms with Crippen LogP contribution >= 0.6 is 11.6 Å². The van der Waals surface area contributed by atoms with Gasteiger partial charge in [-0.05, 0) is 18.2 Å². The lowest BCUT2D eigenvalue weighted by Crippen LogP contribution is -1.95. The van der Waals surface area contributed by atoms with Crippen LogP contribution in [0.3, 0.4) is 0 Å². The molecule has 0 saturated carbocycles. The van der Waals surface area contributed by atoms with Gasteiger partial charge in [0, 0.05) is 0 Å². The smallest absolute Gasteiger partial charge is 0.335 e. The van der Waals surface area contributed by atoms with Gasteiger partial charge >= 0.3 is 5.97 Å². The highest BCUT2D eigenvalue weighted by Crippen LogP contribution is 2.20. The molecule has 0 bridgehead atoms. The molecule has 0 aliphatic heterocycles. The Bertz CT molecular complexity index is 298. The lowest BCUT2D eigenvalue weighted by molar-refractivity contribution is 0.0697. The lowest BCUT2D eigenvalue weighted by Gasteiger charge is -1.96. The largest absolute Gasteiger partial charge is 0.478 e. The summed E-state index contributed by atoms with van der Waals surface area (Å²) in [5.41, 5.74) is 7.37. The van der Waals surface area contributed by atoms with Crippen LogP contribution in [0.1, 0.15) is 10.4 Å². The van der Waals surface area contributed by atoms with Gasteiger partial charge in [0.15, 0.2) is 0 Å². The third kappa shape index (κ3) is 1.62. The van der Waals surface area contributed by atoms with Crippen LogP contribution in [0.25, 0.3) is 0 Å². The Hall–Kier alpha value is -1.22. The van der Waals surface area contributed by atoms with Crippen LogP contribution < -0.4 is 5.73 Å². The molecule has 0 heterocycles. The first-order valence-electron chi connectivity index (χ1n) is 2.85. The van der Waals surface area contributed by atoms with Gasteiger partial charge in [0.25, 0.3) is 0 Å². The fourth-order valence-corrected chi connectivity index (χ4v) is 0.829. The Morgan fingerprint density at radius 2 is 2.18 bits per heavy atom. The molecule has 0 saturated heterocycles. The van der Waals surface area contributed by atoms with E-state index in [1.54, 1.807) is 0 Å². The predicted octanol–water partition coefficient (Wildman–Crippen LogP) is 1.95. The topological polar surface area (TPSA) is 61.1 Å². The van der Waals surface area contributed by atoms with Crippen LogP contribution in [0.15, 0.2) is 18.2 Å². The molecular formula is C7H5ClNO2. The van der Waals surface area contributed by atoms with Gasteiger partial charge in [0.05, 0.1) is 16.3 Å². The first-order chi connectivity index (χ1) is 5.11. The molecule has 0 fully saturated rings. The van der Waals surface area contributed by atoms with E-state index in [-0.39, 0.29) is 16.3 Å². The first-order valence-corrected chi connectivity index (χ1v) is 3.23. The summed E-state index contributed by atoms with van der Waals surface area (Å²) in [6.45, 7) is 0. The van der Waals surface area contributed by atoms with Crippen molar-refractivity contribution in [2.75, 3.05) is 0 Å². The van der Waals surface area contributed by atoms with E-state index in [0.717, 1.165) is 0 Å². The molecule has 0 atom stereocenters. The Morgan fingerprint density at radius 3 is 2.64 bits per heavy atom. The molecule has 4 heteroatoms. The van der Waals surface area contributed by atoms with E-state index in [9.17, 15) is 4.79 Å². The SMILES string of the molecule is [NH]c1ccc(C(=O)O)cc1Cl. The molecule has 57 valence electrons. The molecule has 0 aromatic heterocycles. The molecule has 0 spiro atoms. The standard InChI is InChI=1S/C7H5ClNO2/c8-5-3-4(7(10)11)1-2-6(5)9/h1-3,9H,(H,10,11). The predicted molar refractivity (Wildman–Crippen MR) is 41.2 cm³/mol. The van der Waals surface area contributed by atoms with Gasteiger partial charge in [-0.3, -0.25) is 5.73 Å². The lowest BCUT2D eigenvalue weighted by atomic mass is 10.2. The van der Waals surface area contributed by atoms with E-state index in [1.165, 1.54) is 18.2 Å². The van der Waals surface area contributed by atoms with E-state index in [2.05, 4.69) is 0 Å². The fraction of sp³-hybridized carbons (Fsp3) is 0. The van der Waals surface area contributed by atoms with Gasteiger partial charge in [-0.25, -0.2) is 4.79 Å². The van der Waals surface area contributed by atoms with Gasteiger partial charge in [0.2, 0.25) is 0 Å². The second-order valence-electron chi connectivity index (χ2n) is 2.00. The summed E-state index contributed by atoms with van der Waals surface area (Å²) in [5.74, 6) is -1.04. The summed E-state index contributed by atoms with van der Waals surface area (Å²) in [5, 5.41) is 8.64.